The summed E-state index contributed by atoms with van der Waals surface area (Å²) >= 11 is 0. The molecule has 1 aromatic rings. The second-order valence-electron chi connectivity index (χ2n) is 8.14. The second kappa shape index (κ2) is 6.97. The van der Waals surface area contributed by atoms with Crippen molar-refractivity contribution >= 4 is 21.6 Å². The topological polar surface area (TPSA) is 66.5 Å². The standard InChI is InChI=1S/C20H28N2O3S/c1-14-12-16-13-18(26(24,25)21-17-8-3-2-4-9-17)10-11-19(16)22(14)20(23)15-6-5-7-15/h10-11,13-15,17,21H,2-9,12H2,1H3/t14-/m1/s1. The van der Waals surface area contributed by atoms with E-state index in [-0.39, 0.29) is 23.9 Å². The molecule has 3 aliphatic rings. The van der Waals surface area contributed by atoms with Crippen LogP contribution in [0.15, 0.2) is 23.1 Å². The molecule has 0 aromatic heterocycles. The number of hydrogen-bond acceptors (Lipinski definition) is 3. The molecular formula is C20H28N2O3S. The third kappa shape index (κ3) is 3.29. The Balaban J connectivity index is 1.55. The molecule has 0 radical (unpaired) electrons. The van der Waals surface area contributed by atoms with Gasteiger partial charge in [0.15, 0.2) is 0 Å². The van der Waals surface area contributed by atoms with Crippen LogP contribution < -0.4 is 9.62 Å². The van der Waals surface area contributed by atoms with Crippen molar-refractivity contribution < 1.29 is 13.2 Å². The van der Waals surface area contributed by atoms with E-state index in [1.807, 2.05) is 17.9 Å². The maximum atomic E-state index is 12.8. The van der Waals surface area contributed by atoms with Gasteiger partial charge in [0.05, 0.1) is 4.90 Å². The highest BCUT2D eigenvalue weighted by Crippen LogP contribution is 2.38. The van der Waals surface area contributed by atoms with Crippen LogP contribution >= 0.6 is 0 Å². The van der Waals surface area contributed by atoms with Crippen molar-refractivity contribution in [1.29, 1.82) is 0 Å². The maximum absolute atomic E-state index is 12.8. The van der Waals surface area contributed by atoms with Crippen LogP contribution in [0.1, 0.15) is 63.9 Å². The molecule has 26 heavy (non-hydrogen) atoms. The molecule has 1 atom stereocenters. The normalized spacial score (nSPS) is 24.3. The number of hydrogen-bond donors (Lipinski definition) is 1. The van der Waals surface area contributed by atoms with Crippen LogP contribution in [-0.2, 0) is 21.2 Å². The smallest absolute Gasteiger partial charge is 0.240 e. The molecule has 0 unspecified atom stereocenters. The fourth-order valence-corrected chi connectivity index (χ4v) is 5.83. The van der Waals surface area contributed by atoms with Crippen molar-refractivity contribution in [1.82, 2.24) is 4.72 Å². The number of anilines is 1. The fraction of sp³-hybridized carbons (Fsp3) is 0.650. The summed E-state index contributed by atoms with van der Waals surface area (Å²) in [6.07, 6.45) is 9.04. The molecule has 142 valence electrons. The minimum absolute atomic E-state index is 0.0534. The van der Waals surface area contributed by atoms with Gasteiger partial charge in [-0.3, -0.25) is 4.79 Å². The van der Waals surface area contributed by atoms with Gasteiger partial charge in [-0.25, -0.2) is 13.1 Å². The van der Waals surface area contributed by atoms with Gasteiger partial charge in [0.2, 0.25) is 15.9 Å². The lowest BCUT2D eigenvalue weighted by Gasteiger charge is -2.32. The fourth-order valence-electron chi connectivity index (χ4n) is 4.47. The summed E-state index contributed by atoms with van der Waals surface area (Å²) in [4.78, 5) is 15.0. The van der Waals surface area contributed by atoms with Gasteiger partial charge in [-0.1, -0.05) is 25.7 Å². The summed E-state index contributed by atoms with van der Waals surface area (Å²) in [5, 5.41) is 0. The molecule has 4 rings (SSSR count). The minimum Gasteiger partial charge on any atom is -0.309 e. The van der Waals surface area contributed by atoms with Crippen LogP contribution in [-0.4, -0.2) is 26.4 Å². The monoisotopic (exact) mass is 376 g/mol. The SMILES string of the molecule is C[C@@H]1Cc2cc(S(=O)(=O)NC3CCCCC3)ccc2N1C(=O)C1CCC1. The van der Waals surface area contributed by atoms with Crippen LogP contribution in [0.25, 0.3) is 0 Å². The number of carbonyl (C=O) groups is 1. The molecular weight excluding hydrogens is 348 g/mol. The average molecular weight is 377 g/mol. The summed E-state index contributed by atoms with van der Waals surface area (Å²) in [7, 11) is -3.50. The van der Waals surface area contributed by atoms with E-state index in [1.54, 1.807) is 12.1 Å². The van der Waals surface area contributed by atoms with Gasteiger partial charge in [-0.15, -0.1) is 0 Å². The van der Waals surface area contributed by atoms with Crippen molar-refractivity contribution in [3.63, 3.8) is 0 Å². The summed E-state index contributed by atoms with van der Waals surface area (Å²) in [6, 6.07) is 5.40. The highest BCUT2D eigenvalue weighted by Gasteiger charge is 2.37. The zero-order valence-electron chi connectivity index (χ0n) is 15.4. The first-order chi connectivity index (χ1) is 12.5. The lowest BCUT2D eigenvalue weighted by atomic mass is 9.84. The molecule has 2 saturated carbocycles. The van der Waals surface area contributed by atoms with Gasteiger partial charge in [0.25, 0.3) is 0 Å². The lowest BCUT2D eigenvalue weighted by molar-refractivity contribution is -0.125. The number of benzene rings is 1. The average Bonchev–Trinajstić information content (AvgIpc) is 2.88. The van der Waals surface area contributed by atoms with E-state index < -0.39 is 10.0 Å². The van der Waals surface area contributed by atoms with E-state index in [0.717, 1.165) is 62.6 Å². The molecule has 1 amide bonds. The van der Waals surface area contributed by atoms with Crippen LogP contribution in [0.4, 0.5) is 5.69 Å². The Morgan fingerprint density at radius 1 is 1.08 bits per heavy atom. The molecule has 1 heterocycles. The molecule has 1 aromatic carbocycles. The number of amides is 1. The first-order valence-electron chi connectivity index (χ1n) is 9.94. The van der Waals surface area contributed by atoms with Gasteiger partial charge in [0.1, 0.15) is 0 Å². The van der Waals surface area contributed by atoms with Gasteiger partial charge >= 0.3 is 0 Å². The largest absolute Gasteiger partial charge is 0.309 e. The number of carbonyl (C=O) groups excluding carboxylic acids is 1. The van der Waals surface area contributed by atoms with E-state index in [2.05, 4.69) is 4.72 Å². The molecule has 0 spiro atoms. The van der Waals surface area contributed by atoms with Crippen LogP contribution in [0.3, 0.4) is 0 Å². The number of nitrogens with one attached hydrogen (secondary N) is 1. The predicted molar refractivity (Wildman–Crippen MR) is 102 cm³/mol. The Morgan fingerprint density at radius 2 is 1.81 bits per heavy atom. The Bertz CT molecular complexity index is 795. The Morgan fingerprint density at radius 3 is 2.46 bits per heavy atom. The van der Waals surface area contributed by atoms with Crippen molar-refractivity contribution in [2.24, 2.45) is 5.92 Å². The van der Waals surface area contributed by atoms with E-state index in [1.165, 1.54) is 6.42 Å². The van der Waals surface area contributed by atoms with Crippen LogP contribution in [0, 0.1) is 5.92 Å². The number of rotatable bonds is 4. The molecule has 0 bridgehead atoms. The third-order valence-corrected chi connectivity index (χ3v) is 7.71. The summed E-state index contributed by atoms with van der Waals surface area (Å²) in [6.45, 7) is 2.05. The van der Waals surface area contributed by atoms with E-state index in [9.17, 15) is 13.2 Å². The molecule has 0 saturated heterocycles. The van der Waals surface area contributed by atoms with Crippen LogP contribution in [0.5, 0.6) is 0 Å². The zero-order valence-corrected chi connectivity index (χ0v) is 16.2. The van der Waals surface area contributed by atoms with Gasteiger partial charge in [-0.05, 0) is 62.8 Å². The first-order valence-corrected chi connectivity index (χ1v) is 11.4. The van der Waals surface area contributed by atoms with Crippen LogP contribution in [0.2, 0.25) is 0 Å². The van der Waals surface area contributed by atoms with Crippen molar-refractivity contribution in [3.8, 4) is 0 Å². The number of sulfonamides is 1. The van der Waals surface area contributed by atoms with E-state index in [4.69, 9.17) is 0 Å². The number of fused-ring (bicyclic) bond motifs is 1. The Labute approximate surface area is 156 Å². The Kier molecular flexibility index (Phi) is 4.82. The van der Waals surface area contributed by atoms with Crippen molar-refractivity contribution in [2.75, 3.05) is 4.90 Å². The van der Waals surface area contributed by atoms with Crippen molar-refractivity contribution in [2.45, 2.75) is 81.7 Å². The predicted octanol–water partition coefficient (Wildman–Crippen LogP) is 3.38. The maximum Gasteiger partial charge on any atom is 0.240 e. The van der Waals surface area contributed by atoms with Gasteiger partial charge in [-0.2, -0.15) is 0 Å². The molecule has 6 heteroatoms. The second-order valence-corrected chi connectivity index (χ2v) is 9.85. The quantitative estimate of drug-likeness (QED) is 0.876. The highest BCUT2D eigenvalue weighted by molar-refractivity contribution is 7.89. The Hall–Kier alpha value is -1.40. The lowest BCUT2D eigenvalue weighted by Crippen LogP contribution is -2.42. The molecule has 1 N–H and O–H groups in total. The number of nitrogens with zero attached hydrogens (tertiary/aromatic N) is 1. The summed E-state index contributed by atoms with van der Waals surface area (Å²) < 4.78 is 28.4. The summed E-state index contributed by atoms with van der Waals surface area (Å²) in [5.41, 5.74) is 1.86. The molecule has 2 fully saturated rings. The van der Waals surface area contributed by atoms with E-state index >= 15 is 0 Å². The van der Waals surface area contributed by atoms with Crippen molar-refractivity contribution in [3.05, 3.63) is 23.8 Å². The van der Waals surface area contributed by atoms with Gasteiger partial charge in [0, 0.05) is 23.7 Å². The molecule has 1 aliphatic heterocycles. The minimum atomic E-state index is -3.50. The van der Waals surface area contributed by atoms with E-state index in [0.29, 0.717) is 4.90 Å². The summed E-state index contributed by atoms with van der Waals surface area (Å²) in [5.74, 6) is 0.359. The third-order valence-electron chi connectivity index (χ3n) is 6.20. The molecule has 5 nitrogen and oxygen atoms in total. The van der Waals surface area contributed by atoms with Gasteiger partial charge < -0.3 is 4.90 Å². The molecule has 2 aliphatic carbocycles. The highest BCUT2D eigenvalue weighted by atomic mass is 32.2. The zero-order chi connectivity index (χ0) is 18.3. The first kappa shape index (κ1) is 18.0.